The number of phenols is 1. The lowest BCUT2D eigenvalue weighted by molar-refractivity contribution is -0.109. The predicted octanol–water partition coefficient (Wildman–Crippen LogP) is 3.54. The van der Waals surface area contributed by atoms with Crippen molar-refractivity contribution in [2.75, 3.05) is 5.32 Å². The van der Waals surface area contributed by atoms with Gasteiger partial charge in [0.05, 0.1) is 11.7 Å². The molecule has 0 aromatic heterocycles. The maximum Gasteiger partial charge on any atom is 0.251 e. The van der Waals surface area contributed by atoms with Gasteiger partial charge in [-0.25, -0.2) is 0 Å². The number of hydrogen-bond acceptors (Lipinski definition) is 4. The van der Waals surface area contributed by atoms with E-state index < -0.39 is 12.1 Å². The highest BCUT2D eigenvalue weighted by Gasteiger charge is 2.25. The smallest absolute Gasteiger partial charge is 0.251 e. The summed E-state index contributed by atoms with van der Waals surface area (Å²) < 4.78 is 0. The summed E-state index contributed by atoms with van der Waals surface area (Å²) in [7, 11) is 0. The third kappa shape index (κ3) is 4.52. The Morgan fingerprint density at radius 1 is 0.852 bits per heavy atom. The summed E-state index contributed by atoms with van der Waals surface area (Å²) in [5.74, 6) is -0.273. The first-order valence-electron chi connectivity index (χ1n) is 8.59. The van der Waals surface area contributed by atoms with Gasteiger partial charge in [0.2, 0.25) is 0 Å². The number of carbonyl (C=O) groups excluding carboxylic acids is 2. The van der Waals surface area contributed by atoms with Gasteiger partial charge in [-0.15, -0.1) is 0 Å². The van der Waals surface area contributed by atoms with Crippen LogP contribution in [-0.2, 0) is 4.79 Å². The van der Waals surface area contributed by atoms with Crippen molar-refractivity contribution in [3.05, 3.63) is 96.1 Å². The van der Waals surface area contributed by atoms with Crippen LogP contribution in [-0.4, -0.2) is 23.3 Å². The molecule has 3 rings (SSSR count). The molecule has 0 heterocycles. The van der Waals surface area contributed by atoms with Crippen LogP contribution in [0.3, 0.4) is 0 Å². The zero-order valence-electron chi connectivity index (χ0n) is 14.6. The van der Waals surface area contributed by atoms with E-state index in [1.807, 2.05) is 36.4 Å². The minimum absolute atomic E-state index is 0.0671. The molecule has 0 fully saturated rings. The zero-order chi connectivity index (χ0) is 19.1. The van der Waals surface area contributed by atoms with E-state index in [4.69, 9.17) is 0 Å². The van der Waals surface area contributed by atoms with E-state index in [0.29, 0.717) is 17.5 Å². The van der Waals surface area contributed by atoms with Crippen LogP contribution in [0.15, 0.2) is 84.9 Å². The maximum absolute atomic E-state index is 12.5. The molecule has 0 saturated carbocycles. The Labute approximate surface area is 157 Å². The molecule has 2 atom stereocenters. The van der Waals surface area contributed by atoms with Crippen LogP contribution < -0.4 is 10.6 Å². The monoisotopic (exact) mass is 360 g/mol. The molecular formula is C22H20N2O3. The van der Waals surface area contributed by atoms with E-state index in [0.717, 1.165) is 5.56 Å². The number of para-hydroxylation sites is 2. The van der Waals surface area contributed by atoms with Gasteiger partial charge in [-0.2, -0.15) is 0 Å². The minimum Gasteiger partial charge on any atom is -0.506 e. The molecule has 5 heteroatoms. The third-order valence-electron chi connectivity index (χ3n) is 4.21. The molecule has 0 bridgehead atoms. The summed E-state index contributed by atoms with van der Waals surface area (Å²) in [5, 5.41) is 16.0. The van der Waals surface area contributed by atoms with Crippen molar-refractivity contribution >= 4 is 17.9 Å². The van der Waals surface area contributed by atoms with Crippen LogP contribution in [0.5, 0.6) is 5.75 Å². The van der Waals surface area contributed by atoms with E-state index in [9.17, 15) is 14.7 Å². The van der Waals surface area contributed by atoms with Gasteiger partial charge in [0, 0.05) is 5.56 Å². The van der Waals surface area contributed by atoms with Crippen molar-refractivity contribution in [1.82, 2.24) is 5.32 Å². The van der Waals surface area contributed by atoms with Crippen LogP contribution in [0.25, 0.3) is 0 Å². The Balaban J connectivity index is 1.89. The van der Waals surface area contributed by atoms with Gasteiger partial charge < -0.3 is 20.5 Å². The molecule has 136 valence electrons. The molecular weight excluding hydrogens is 340 g/mol. The van der Waals surface area contributed by atoms with Gasteiger partial charge in [-0.3, -0.25) is 4.79 Å². The number of hydrogen-bond donors (Lipinski definition) is 3. The number of carbonyl (C=O) groups is 2. The van der Waals surface area contributed by atoms with Crippen LogP contribution in [0.1, 0.15) is 22.0 Å². The lowest BCUT2D eigenvalue weighted by Gasteiger charge is -2.27. The van der Waals surface area contributed by atoms with Crippen molar-refractivity contribution in [3.63, 3.8) is 0 Å². The highest BCUT2D eigenvalue weighted by molar-refractivity contribution is 5.95. The Morgan fingerprint density at radius 3 is 2.07 bits per heavy atom. The quantitative estimate of drug-likeness (QED) is 0.445. The third-order valence-corrected chi connectivity index (χ3v) is 4.21. The Morgan fingerprint density at radius 2 is 1.44 bits per heavy atom. The van der Waals surface area contributed by atoms with Crippen LogP contribution in [0.4, 0.5) is 5.69 Å². The van der Waals surface area contributed by atoms with Gasteiger partial charge in [0.15, 0.2) is 0 Å². The fourth-order valence-corrected chi connectivity index (χ4v) is 2.82. The highest BCUT2D eigenvalue weighted by atomic mass is 16.3. The first-order chi connectivity index (χ1) is 13.2. The fraction of sp³-hybridized carbons (Fsp3) is 0.0909. The molecule has 3 N–H and O–H groups in total. The Kier molecular flexibility index (Phi) is 5.84. The minimum atomic E-state index is -0.834. The van der Waals surface area contributed by atoms with Gasteiger partial charge in [-0.1, -0.05) is 60.7 Å². The molecule has 0 saturated heterocycles. The summed E-state index contributed by atoms with van der Waals surface area (Å²) in [6.45, 7) is 0. The van der Waals surface area contributed by atoms with E-state index in [1.165, 1.54) is 0 Å². The van der Waals surface area contributed by atoms with Crippen LogP contribution >= 0.6 is 0 Å². The molecule has 0 aliphatic carbocycles. The van der Waals surface area contributed by atoms with E-state index in [-0.39, 0.29) is 11.7 Å². The van der Waals surface area contributed by atoms with E-state index in [2.05, 4.69) is 10.6 Å². The number of rotatable bonds is 7. The maximum atomic E-state index is 12.5. The molecule has 3 aromatic carbocycles. The molecule has 5 nitrogen and oxygen atoms in total. The normalized spacial score (nSPS) is 12.6. The molecule has 27 heavy (non-hydrogen) atoms. The van der Waals surface area contributed by atoms with Gasteiger partial charge in [-0.05, 0) is 29.8 Å². The van der Waals surface area contributed by atoms with Crippen molar-refractivity contribution in [3.8, 4) is 5.75 Å². The summed E-state index contributed by atoms with van der Waals surface area (Å²) >= 11 is 0. The number of anilines is 1. The van der Waals surface area contributed by atoms with Crippen molar-refractivity contribution in [2.24, 2.45) is 0 Å². The molecule has 1 amide bonds. The SMILES string of the molecule is O=CC(NC(=O)c1ccccc1)C(Nc1ccccc1O)c1ccccc1. The van der Waals surface area contributed by atoms with Gasteiger partial charge >= 0.3 is 0 Å². The lowest BCUT2D eigenvalue weighted by atomic mass is 9.99. The van der Waals surface area contributed by atoms with Crippen molar-refractivity contribution < 1.29 is 14.7 Å². The topological polar surface area (TPSA) is 78.4 Å². The molecule has 0 aliphatic rings. The summed E-state index contributed by atoms with van der Waals surface area (Å²) in [6, 6.07) is 23.4. The lowest BCUT2D eigenvalue weighted by Crippen LogP contribution is -2.43. The van der Waals surface area contributed by atoms with Crippen LogP contribution in [0, 0.1) is 0 Å². The second-order valence-corrected chi connectivity index (χ2v) is 6.05. The number of nitrogens with one attached hydrogen (secondary N) is 2. The highest BCUT2D eigenvalue weighted by Crippen LogP contribution is 2.28. The first kappa shape index (κ1) is 18.2. The van der Waals surface area contributed by atoms with E-state index in [1.54, 1.807) is 48.5 Å². The predicted molar refractivity (Wildman–Crippen MR) is 105 cm³/mol. The van der Waals surface area contributed by atoms with Crippen LogP contribution in [0.2, 0.25) is 0 Å². The second-order valence-electron chi connectivity index (χ2n) is 6.05. The largest absolute Gasteiger partial charge is 0.506 e. The summed E-state index contributed by atoms with van der Waals surface area (Å²) in [4.78, 5) is 24.4. The molecule has 0 aliphatic heterocycles. The standard InChI is InChI=1S/C22H20N2O3/c25-15-19(24-22(27)17-11-5-2-6-12-17)21(16-9-3-1-4-10-16)23-18-13-7-8-14-20(18)26/h1-15,19,21,23,26H,(H,24,27). The molecule has 0 spiro atoms. The number of benzene rings is 3. The molecule has 3 aromatic rings. The number of aromatic hydroxyl groups is 1. The Hall–Kier alpha value is -3.60. The van der Waals surface area contributed by atoms with Gasteiger partial charge in [0.1, 0.15) is 18.1 Å². The van der Waals surface area contributed by atoms with Crippen molar-refractivity contribution in [2.45, 2.75) is 12.1 Å². The fourth-order valence-electron chi connectivity index (χ4n) is 2.82. The van der Waals surface area contributed by atoms with Crippen molar-refractivity contribution in [1.29, 1.82) is 0 Å². The summed E-state index contributed by atoms with van der Waals surface area (Å²) in [6.07, 6.45) is 0.700. The number of phenolic OH excluding ortho intramolecular Hbond substituents is 1. The first-order valence-corrected chi connectivity index (χ1v) is 8.59. The summed E-state index contributed by atoms with van der Waals surface area (Å²) in [5.41, 5.74) is 1.76. The second kappa shape index (κ2) is 8.67. The van der Waals surface area contributed by atoms with E-state index >= 15 is 0 Å². The number of aldehydes is 1. The molecule has 2 unspecified atom stereocenters. The Bertz CT molecular complexity index is 898. The average Bonchev–Trinajstić information content (AvgIpc) is 2.73. The molecule has 0 radical (unpaired) electrons. The average molecular weight is 360 g/mol. The number of amides is 1. The van der Waals surface area contributed by atoms with Gasteiger partial charge in [0.25, 0.3) is 5.91 Å². The zero-order valence-corrected chi connectivity index (χ0v) is 14.6.